The maximum atomic E-state index is 11.8. The third-order valence-corrected chi connectivity index (χ3v) is 3.04. The van der Waals surface area contributed by atoms with Crippen LogP contribution in [-0.4, -0.2) is 52.8 Å². The van der Waals surface area contributed by atoms with Crippen LogP contribution in [-0.2, 0) is 20.0 Å². The van der Waals surface area contributed by atoms with Crippen molar-refractivity contribution in [3.8, 4) is 17.6 Å². The van der Waals surface area contributed by atoms with E-state index in [1.54, 1.807) is 7.11 Å². The lowest BCUT2D eigenvalue weighted by Gasteiger charge is -2.10. The van der Waals surface area contributed by atoms with E-state index in [0.29, 0.717) is 25.5 Å². The fourth-order valence-corrected chi connectivity index (χ4v) is 1.83. The van der Waals surface area contributed by atoms with Gasteiger partial charge in [0.2, 0.25) is 0 Å². The van der Waals surface area contributed by atoms with Crippen molar-refractivity contribution in [1.29, 1.82) is 0 Å². The Labute approximate surface area is 154 Å². The molecule has 1 heterocycles. The normalized spacial score (nSPS) is 10.6. The minimum Gasteiger partial charge on any atom is -0.488 e. The lowest BCUT2D eigenvalue weighted by atomic mass is 9.98. The van der Waals surface area contributed by atoms with Crippen molar-refractivity contribution in [1.82, 2.24) is 4.98 Å². The largest absolute Gasteiger partial charge is 0.488 e. The molecule has 1 amide bonds. The Hall–Kier alpha value is -2.28. The maximum absolute atomic E-state index is 11.8. The van der Waals surface area contributed by atoms with Crippen LogP contribution < -0.4 is 4.74 Å². The molecule has 142 valence electrons. The molecule has 0 fully saturated rings. The molecule has 0 radical (unpaired) electrons. The zero-order valence-corrected chi connectivity index (χ0v) is 16.1. The molecule has 0 spiro atoms. The van der Waals surface area contributed by atoms with Gasteiger partial charge < -0.3 is 14.2 Å². The van der Waals surface area contributed by atoms with Crippen molar-refractivity contribution in [3.63, 3.8) is 0 Å². The van der Waals surface area contributed by atoms with E-state index in [1.165, 1.54) is 12.3 Å². The molecule has 0 saturated carbocycles. The molecule has 0 aliphatic rings. The second-order valence-corrected chi connectivity index (χ2v) is 6.75. The standard InChI is InChI=1S/C17H22N2O6S/c1-17(2,3)6-5-14-15(25-10-9-24-8-7-23-4)11-13(12-18-14)16(20)19-26(21)22/h11-12H,7-10H2,1-4H3. The van der Waals surface area contributed by atoms with Crippen molar-refractivity contribution in [3.05, 3.63) is 23.5 Å². The summed E-state index contributed by atoms with van der Waals surface area (Å²) in [5.41, 5.74) is 0.0910. The molecule has 0 atom stereocenters. The zero-order chi connectivity index (χ0) is 19.6. The van der Waals surface area contributed by atoms with E-state index < -0.39 is 16.4 Å². The van der Waals surface area contributed by atoms with Crippen LogP contribution in [0.4, 0.5) is 0 Å². The third kappa shape index (κ3) is 8.71. The van der Waals surface area contributed by atoms with E-state index in [2.05, 4.69) is 21.2 Å². The van der Waals surface area contributed by atoms with Crippen LogP contribution in [0.5, 0.6) is 5.75 Å². The van der Waals surface area contributed by atoms with Crippen LogP contribution in [0.2, 0.25) is 0 Å². The van der Waals surface area contributed by atoms with Gasteiger partial charge in [0, 0.05) is 18.7 Å². The number of carbonyl (C=O) groups is 1. The number of pyridine rings is 1. The summed E-state index contributed by atoms with van der Waals surface area (Å²) >= 11 is 0. The van der Waals surface area contributed by atoms with Crippen molar-refractivity contribution in [2.75, 3.05) is 33.5 Å². The Kier molecular flexibility index (Phi) is 8.92. The van der Waals surface area contributed by atoms with E-state index in [1.807, 2.05) is 20.8 Å². The summed E-state index contributed by atoms with van der Waals surface area (Å²) in [5.74, 6) is 5.27. The molecule has 1 aromatic rings. The van der Waals surface area contributed by atoms with E-state index in [9.17, 15) is 13.2 Å². The number of nitrogens with zero attached hydrogens (tertiary/aromatic N) is 2. The van der Waals surface area contributed by atoms with E-state index >= 15 is 0 Å². The summed E-state index contributed by atoms with van der Waals surface area (Å²) in [6.07, 6.45) is 1.22. The molecule has 26 heavy (non-hydrogen) atoms. The first-order chi connectivity index (χ1) is 12.2. The monoisotopic (exact) mass is 382 g/mol. The van der Waals surface area contributed by atoms with Crippen LogP contribution >= 0.6 is 0 Å². The number of hydrogen-bond acceptors (Lipinski definition) is 7. The van der Waals surface area contributed by atoms with E-state index in [0.717, 1.165) is 0 Å². The molecule has 0 bridgehead atoms. The number of hydrogen-bond donors (Lipinski definition) is 0. The summed E-state index contributed by atoms with van der Waals surface area (Å²) in [6.45, 7) is 7.27. The van der Waals surface area contributed by atoms with Crippen molar-refractivity contribution in [2.45, 2.75) is 20.8 Å². The Bertz CT molecular complexity index is 808. The number of amides is 1. The van der Waals surface area contributed by atoms with Gasteiger partial charge in [0.05, 0.1) is 25.4 Å². The average molecular weight is 382 g/mol. The minimum absolute atomic E-state index is 0.00851. The second-order valence-electron chi connectivity index (χ2n) is 6.14. The highest BCUT2D eigenvalue weighted by Crippen LogP contribution is 2.19. The van der Waals surface area contributed by atoms with E-state index in [4.69, 9.17) is 14.2 Å². The summed E-state index contributed by atoms with van der Waals surface area (Å²) in [5, 5.41) is 0. The van der Waals surface area contributed by atoms with Crippen LogP contribution in [0.15, 0.2) is 16.6 Å². The summed E-state index contributed by atoms with van der Waals surface area (Å²) < 4.78 is 39.8. The zero-order valence-electron chi connectivity index (χ0n) is 15.2. The molecule has 9 heteroatoms. The van der Waals surface area contributed by atoms with Gasteiger partial charge in [0.1, 0.15) is 6.61 Å². The summed E-state index contributed by atoms with van der Waals surface area (Å²) in [4.78, 5) is 15.9. The smallest absolute Gasteiger partial charge is 0.319 e. The highest BCUT2D eigenvalue weighted by atomic mass is 32.2. The highest BCUT2D eigenvalue weighted by Gasteiger charge is 2.12. The highest BCUT2D eigenvalue weighted by molar-refractivity contribution is 7.62. The molecule has 0 saturated heterocycles. The van der Waals surface area contributed by atoms with Gasteiger partial charge >= 0.3 is 10.5 Å². The van der Waals surface area contributed by atoms with Gasteiger partial charge in [0.15, 0.2) is 11.4 Å². The lowest BCUT2D eigenvalue weighted by Crippen LogP contribution is -2.11. The van der Waals surface area contributed by atoms with Crippen LogP contribution in [0.3, 0.4) is 0 Å². The first-order valence-corrected chi connectivity index (χ1v) is 8.84. The predicted octanol–water partition coefficient (Wildman–Crippen LogP) is 1.72. The minimum atomic E-state index is -2.84. The topological polar surface area (TPSA) is 104 Å². The van der Waals surface area contributed by atoms with Gasteiger partial charge in [-0.3, -0.25) is 4.79 Å². The fourth-order valence-electron chi connectivity index (χ4n) is 1.59. The molecule has 0 N–H and O–H groups in total. The van der Waals surface area contributed by atoms with Gasteiger partial charge in [-0.2, -0.15) is 8.42 Å². The number of aromatic nitrogens is 1. The van der Waals surface area contributed by atoms with Gasteiger partial charge in [0.25, 0.3) is 5.91 Å². The molecule has 1 aromatic heterocycles. The molecule has 0 aliphatic heterocycles. The Morgan fingerprint density at radius 3 is 2.54 bits per heavy atom. The maximum Gasteiger partial charge on any atom is 0.319 e. The lowest BCUT2D eigenvalue weighted by molar-refractivity contribution is 0.0543. The van der Waals surface area contributed by atoms with Gasteiger partial charge in [-0.15, -0.1) is 0 Å². The second kappa shape index (κ2) is 10.7. The number of carbonyl (C=O) groups excluding carboxylic acids is 1. The Balaban J connectivity index is 2.99. The quantitative estimate of drug-likeness (QED) is 0.498. The molecule has 0 aliphatic carbocycles. The molecular weight excluding hydrogens is 360 g/mol. The molecule has 0 unspecified atom stereocenters. The SMILES string of the molecule is COCCOCCOc1cc(C(=O)N=S(=O)=O)cnc1C#CC(C)(C)C. The van der Waals surface area contributed by atoms with E-state index in [-0.39, 0.29) is 23.3 Å². The number of methoxy groups -OCH3 is 1. The van der Waals surface area contributed by atoms with Crippen molar-refractivity contribution >= 4 is 16.4 Å². The van der Waals surface area contributed by atoms with Crippen molar-refractivity contribution in [2.24, 2.45) is 9.78 Å². The van der Waals surface area contributed by atoms with Crippen LogP contribution in [0, 0.1) is 17.3 Å². The molecule has 0 aromatic carbocycles. The summed E-state index contributed by atoms with van der Waals surface area (Å²) in [7, 11) is -1.26. The number of ether oxygens (including phenoxy) is 3. The summed E-state index contributed by atoms with van der Waals surface area (Å²) in [6, 6.07) is 1.37. The molecular formula is C17H22N2O6S. The first-order valence-electron chi connectivity index (χ1n) is 7.81. The Morgan fingerprint density at radius 2 is 1.92 bits per heavy atom. The van der Waals surface area contributed by atoms with Gasteiger partial charge in [-0.1, -0.05) is 10.3 Å². The molecule has 1 rings (SSSR count). The number of rotatable bonds is 8. The average Bonchev–Trinajstić information content (AvgIpc) is 2.55. The third-order valence-electron chi connectivity index (χ3n) is 2.73. The van der Waals surface area contributed by atoms with Gasteiger partial charge in [-0.05, 0) is 32.8 Å². The van der Waals surface area contributed by atoms with Crippen LogP contribution in [0.25, 0.3) is 0 Å². The van der Waals surface area contributed by atoms with Crippen LogP contribution in [0.1, 0.15) is 36.8 Å². The predicted molar refractivity (Wildman–Crippen MR) is 94.4 cm³/mol. The first kappa shape index (κ1) is 21.8. The Morgan fingerprint density at radius 1 is 1.23 bits per heavy atom. The molecule has 8 nitrogen and oxygen atoms in total. The fraction of sp³-hybridized carbons (Fsp3) is 0.529. The van der Waals surface area contributed by atoms with Gasteiger partial charge in [-0.25, -0.2) is 4.98 Å². The van der Waals surface area contributed by atoms with Crippen molar-refractivity contribution < 1.29 is 27.4 Å².